The van der Waals surface area contributed by atoms with Gasteiger partial charge in [-0.05, 0) is 31.0 Å². The highest BCUT2D eigenvalue weighted by Gasteiger charge is 2.17. The van der Waals surface area contributed by atoms with E-state index in [4.69, 9.17) is 9.15 Å². The van der Waals surface area contributed by atoms with Gasteiger partial charge in [0.25, 0.3) is 0 Å². The Bertz CT molecular complexity index is 584. The molecule has 1 aromatic carbocycles. The van der Waals surface area contributed by atoms with Crippen molar-refractivity contribution in [3.63, 3.8) is 0 Å². The maximum Gasteiger partial charge on any atom is 0.176 e. The van der Waals surface area contributed by atoms with E-state index in [0.29, 0.717) is 6.04 Å². The normalized spacial score (nSPS) is 11.5. The standard InChI is InChI=1S/C17H25NO2/c1-6-7-13-14-8-12(4)9-15(19-5)17(14)20-16(13)10-18-11(2)3/h8-9,11,18H,6-7,10H2,1-5H3. The molecule has 0 bridgehead atoms. The average Bonchev–Trinajstić information content (AvgIpc) is 2.74. The molecular formula is C17H25NO2. The topological polar surface area (TPSA) is 34.4 Å². The molecule has 1 heterocycles. The highest BCUT2D eigenvalue weighted by Crippen LogP contribution is 2.34. The van der Waals surface area contributed by atoms with E-state index in [1.54, 1.807) is 7.11 Å². The molecule has 0 spiro atoms. The molecule has 0 amide bonds. The first-order chi connectivity index (χ1) is 9.56. The summed E-state index contributed by atoms with van der Waals surface area (Å²) in [6.45, 7) is 9.35. The number of methoxy groups -OCH3 is 1. The molecule has 110 valence electrons. The van der Waals surface area contributed by atoms with Gasteiger partial charge in [-0.15, -0.1) is 0 Å². The van der Waals surface area contributed by atoms with Crippen LogP contribution >= 0.6 is 0 Å². The van der Waals surface area contributed by atoms with Gasteiger partial charge in [0.1, 0.15) is 5.76 Å². The summed E-state index contributed by atoms with van der Waals surface area (Å²) in [5.41, 5.74) is 3.40. The lowest BCUT2D eigenvalue weighted by molar-refractivity contribution is 0.404. The van der Waals surface area contributed by atoms with Crippen LogP contribution in [0.25, 0.3) is 11.0 Å². The van der Waals surface area contributed by atoms with Gasteiger partial charge < -0.3 is 14.5 Å². The summed E-state index contributed by atoms with van der Waals surface area (Å²) in [5.74, 6) is 1.87. The zero-order valence-corrected chi connectivity index (χ0v) is 13.2. The highest BCUT2D eigenvalue weighted by atomic mass is 16.5. The van der Waals surface area contributed by atoms with E-state index in [1.165, 1.54) is 16.5 Å². The minimum atomic E-state index is 0.446. The molecule has 0 saturated carbocycles. The number of hydrogen-bond donors (Lipinski definition) is 1. The van der Waals surface area contributed by atoms with Crippen molar-refractivity contribution in [1.29, 1.82) is 0 Å². The van der Waals surface area contributed by atoms with Crippen molar-refractivity contribution >= 4 is 11.0 Å². The minimum absolute atomic E-state index is 0.446. The predicted octanol–water partition coefficient (Wildman–Crippen LogP) is 4.20. The molecule has 3 nitrogen and oxygen atoms in total. The van der Waals surface area contributed by atoms with Crippen LogP contribution in [0, 0.1) is 6.92 Å². The van der Waals surface area contributed by atoms with Crippen molar-refractivity contribution in [1.82, 2.24) is 5.32 Å². The summed E-state index contributed by atoms with van der Waals surface area (Å²) in [6.07, 6.45) is 2.15. The molecule has 2 aromatic rings. The lowest BCUT2D eigenvalue weighted by Crippen LogP contribution is -2.22. The molecule has 0 radical (unpaired) electrons. The van der Waals surface area contributed by atoms with Crippen LogP contribution in [0.15, 0.2) is 16.5 Å². The largest absolute Gasteiger partial charge is 0.493 e. The number of nitrogens with one attached hydrogen (secondary N) is 1. The van der Waals surface area contributed by atoms with Crippen molar-refractivity contribution in [2.45, 2.75) is 53.1 Å². The molecule has 0 fully saturated rings. The van der Waals surface area contributed by atoms with E-state index in [0.717, 1.165) is 36.5 Å². The Hall–Kier alpha value is -1.48. The Morgan fingerprint density at radius 2 is 2.05 bits per heavy atom. The fraction of sp³-hybridized carbons (Fsp3) is 0.529. The van der Waals surface area contributed by atoms with Crippen molar-refractivity contribution < 1.29 is 9.15 Å². The fourth-order valence-electron chi connectivity index (χ4n) is 2.52. The van der Waals surface area contributed by atoms with Crippen molar-refractivity contribution in [2.24, 2.45) is 0 Å². The van der Waals surface area contributed by atoms with E-state index >= 15 is 0 Å². The van der Waals surface area contributed by atoms with Gasteiger partial charge in [-0.3, -0.25) is 0 Å². The molecule has 0 saturated heterocycles. The summed E-state index contributed by atoms with van der Waals surface area (Å²) in [6, 6.07) is 4.67. The molecule has 0 aliphatic rings. The SMILES string of the molecule is CCCc1c(CNC(C)C)oc2c(OC)cc(C)cc12. The van der Waals surface area contributed by atoms with Crippen molar-refractivity contribution in [3.05, 3.63) is 29.0 Å². The third kappa shape index (κ3) is 2.98. The number of rotatable bonds is 6. The molecule has 20 heavy (non-hydrogen) atoms. The zero-order chi connectivity index (χ0) is 14.7. The van der Waals surface area contributed by atoms with Gasteiger partial charge in [0.2, 0.25) is 0 Å². The number of furan rings is 1. The Labute approximate surface area is 121 Å². The number of fused-ring (bicyclic) bond motifs is 1. The van der Waals surface area contributed by atoms with Gasteiger partial charge in [0, 0.05) is 17.0 Å². The summed E-state index contributed by atoms with van der Waals surface area (Å²) >= 11 is 0. The van der Waals surface area contributed by atoms with Crippen LogP contribution in [0.1, 0.15) is 44.1 Å². The molecule has 2 rings (SSSR count). The molecule has 1 N–H and O–H groups in total. The number of aryl methyl sites for hydroxylation is 2. The first-order valence-corrected chi connectivity index (χ1v) is 7.39. The second-order valence-electron chi connectivity index (χ2n) is 5.63. The summed E-state index contributed by atoms with van der Waals surface area (Å²) in [4.78, 5) is 0. The zero-order valence-electron chi connectivity index (χ0n) is 13.2. The number of hydrogen-bond acceptors (Lipinski definition) is 3. The van der Waals surface area contributed by atoms with Crippen LogP contribution in [0.3, 0.4) is 0 Å². The van der Waals surface area contributed by atoms with E-state index in [1.807, 2.05) is 6.07 Å². The van der Waals surface area contributed by atoms with E-state index in [2.05, 4.69) is 39.1 Å². The van der Waals surface area contributed by atoms with Crippen molar-refractivity contribution in [3.8, 4) is 5.75 Å². The smallest absolute Gasteiger partial charge is 0.176 e. The van der Waals surface area contributed by atoms with Crippen LogP contribution in [0.4, 0.5) is 0 Å². The second-order valence-corrected chi connectivity index (χ2v) is 5.63. The Balaban J connectivity index is 2.53. The first-order valence-electron chi connectivity index (χ1n) is 7.39. The first kappa shape index (κ1) is 14.9. The van der Waals surface area contributed by atoms with Gasteiger partial charge in [-0.2, -0.15) is 0 Å². The third-order valence-corrected chi connectivity index (χ3v) is 3.48. The Kier molecular flexibility index (Phi) is 4.71. The maximum absolute atomic E-state index is 6.09. The third-order valence-electron chi connectivity index (χ3n) is 3.48. The molecule has 1 aromatic heterocycles. The lowest BCUT2D eigenvalue weighted by atomic mass is 10.0. The summed E-state index contributed by atoms with van der Waals surface area (Å²) in [5, 5.41) is 4.64. The van der Waals surface area contributed by atoms with Crippen LogP contribution in [-0.2, 0) is 13.0 Å². The molecule has 0 unspecified atom stereocenters. The highest BCUT2D eigenvalue weighted by molar-refractivity contribution is 5.88. The average molecular weight is 275 g/mol. The molecule has 0 aliphatic carbocycles. The van der Waals surface area contributed by atoms with Crippen molar-refractivity contribution in [2.75, 3.05) is 7.11 Å². The summed E-state index contributed by atoms with van der Waals surface area (Å²) < 4.78 is 11.6. The maximum atomic E-state index is 6.09. The Morgan fingerprint density at radius 1 is 1.30 bits per heavy atom. The molecule has 0 aliphatic heterocycles. The molecule has 0 atom stereocenters. The fourth-order valence-corrected chi connectivity index (χ4v) is 2.52. The van der Waals surface area contributed by atoms with Crippen LogP contribution < -0.4 is 10.1 Å². The predicted molar refractivity (Wildman–Crippen MR) is 83.5 cm³/mol. The minimum Gasteiger partial charge on any atom is -0.493 e. The van der Waals surface area contributed by atoms with Gasteiger partial charge >= 0.3 is 0 Å². The monoisotopic (exact) mass is 275 g/mol. The van der Waals surface area contributed by atoms with Gasteiger partial charge in [0.15, 0.2) is 11.3 Å². The quantitative estimate of drug-likeness (QED) is 0.858. The van der Waals surface area contributed by atoms with E-state index < -0.39 is 0 Å². The van der Waals surface area contributed by atoms with Crippen LogP contribution in [0.2, 0.25) is 0 Å². The lowest BCUT2D eigenvalue weighted by Gasteiger charge is -2.07. The van der Waals surface area contributed by atoms with E-state index in [9.17, 15) is 0 Å². The Morgan fingerprint density at radius 3 is 2.65 bits per heavy atom. The number of ether oxygens (including phenoxy) is 1. The van der Waals surface area contributed by atoms with Gasteiger partial charge in [-0.25, -0.2) is 0 Å². The van der Waals surface area contributed by atoms with Gasteiger partial charge in [-0.1, -0.05) is 27.2 Å². The summed E-state index contributed by atoms with van der Waals surface area (Å²) in [7, 11) is 1.70. The van der Waals surface area contributed by atoms with Crippen LogP contribution in [0.5, 0.6) is 5.75 Å². The van der Waals surface area contributed by atoms with E-state index in [-0.39, 0.29) is 0 Å². The second kappa shape index (κ2) is 6.31. The number of benzene rings is 1. The molecular weight excluding hydrogens is 250 g/mol. The van der Waals surface area contributed by atoms with Crippen LogP contribution in [-0.4, -0.2) is 13.2 Å². The molecule has 3 heteroatoms. The van der Waals surface area contributed by atoms with Gasteiger partial charge in [0.05, 0.1) is 13.7 Å².